The average Bonchev–Trinajstić information content (AvgIpc) is 3.18. The lowest BCUT2D eigenvalue weighted by Crippen LogP contribution is -2.35. The summed E-state index contributed by atoms with van der Waals surface area (Å²) in [5.74, 6) is -0.598. The van der Waals surface area contributed by atoms with E-state index in [-0.39, 0.29) is 30.0 Å². The lowest BCUT2D eigenvalue weighted by molar-refractivity contribution is -0.144. The zero-order chi connectivity index (χ0) is 27.4. The minimum absolute atomic E-state index is 0.0984. The van der Waals surface area contributed by atoms with Gasteiger partial charge in [0, 0.05) is 35.8 Å². The number of carbonyl (C=O) groups excluding carboxylic acids is 1. The van der Waals surface area contributed by atoms with Crippen molar-refractivity contribution in [1.29, 1.82) is 0 Å². The lowest BCUT2D eigenvalue weighted by atomic mass is 9.90. The van der Waals surface area contributed by atoms with Gasteiger partial charge in [-0.05, 0) is 59.7 Å². The van der Waals surface area contributed by atoms with E-state index in [1.807, 2.05) is 12.1 Å². The number of benzene rings is 3. The number of ether oxygens (including phenoxy) is 1. The largest absolute Gasteiger partial charge is 0.487 e. The van der Waals surface area contributed by atoms with Gasteiger partial charge in [0.2, 0.25) is 5.91 Å². The van der Waals surface area contributed by atoms with E-state index in [1.165, 1.54) is 22.1 Å². The number of nitrogens with zero attached hydrogens (tertiary/aromatic N) is 1. The first-order chi connectivity index (χ1) is 18.0. The molecule has 1 heterocycles. The van der Waals surface area contributed by atoms with Crippen molar-refractivity contribution in [2.45, 2.75) is 64.5 Å². The van der Waals surface area contributed by atoms with Crippen LogP contribution in [0.1, 0.15) is 60.9 Å². The number of carboxylic acids is 1. The fraction of sp³-hybridized carbons (Fsp3) is 0.355. The number of amides is 1. The Hall–Kier alpha value is -3.19. The van der Waals surface area contributed by atoms with Crippen molar-refractivity contribution in [3.63, 3.8) is 0 Å². The van der Waals surface area contributed by atoms with E-state index in [4.69, 9.17) is 4.74 Å². The molecule has 0 fully saturated rings. The van der Waals surface area contributed by atoms with Crippen LogP contribution in [0.15, 0.2) is 65.1 Å². The fourth-order valence-electron chi connectivity index (χ4n) is 4.94. The first-order valence-electron chi connectivity index (χ1n) is 12.8. The topological polar surface area (TPSA) is 66.8 Å². The molecule has 0 unspecified atom stereocenters. The van der Waals surface area contributed by atoms with E-state index in [9.17, 15) is 19.1 Å². The number of carboxylic acid groups (broad SMARTS) is 1. The Morgan fingerprint density at radius 1 is 1.08 bits per heavy atom. The van der Waals surface area contributed by atoms with E-state index in [0.717, 1.165) is 29.7 Å². The summed E-state index contributed by atoms with van der Waals surface area (Å²) in [7, 11) is 0. The Labute approximate surface area is 231 Å². The van der Waals surface area contributed by atoms with Gasteiger partial charge >= 0.3 is 5.97 Å². The van der Waals surface area contributed by atoms with Crippen molar-refractivity contribution in [2.75, 3.05) is 6.54 Å². The fourth-order valence-corrected chi connectivity index (χ4v) is 5.27. The number of carbonyl (C=O) groups is 2. The summed E-state index contributed by atoms with van der Waals surface area (Å²) in [4.78, 5) is 25.5. The molecular formula is C31H33BrFNO4. The predicted octanol–water partition coefficient (Wildman–Crippen LogP) is 6.69. The summed E-state index contributed by atoms with van der Waals surface area (Å²) >= 11 is 3.21. The van der Waals surface area contributed by atoms with Gasteiger partial charge in [0.05, 0.1) is 0 Å². The van der Waals surface area contributed by atoms with E-state index in [0.29, 0.717) is 16.8 Å². The Morgan fingerprint density at radius 2 is 1.79 bits per heavy atom. The summed E-state index contributed by atoms with van der Waals surface area (Å²) in [5, 5.41) is 9.30. The highest BCUT2D eigenvalue weighted by atomic mass is 79.9. The molecule has 0 radical (unpaired) electrons. The second-order valence-corrected chi connectivity index (χ2v) is 11.5. The highest BCUT2D eigenvalue weighted by molar-refractivity contribution is 9.10. The first kappa shape index (κ1) is 27.8. The Bertz CT molecular complexity index is 1320. The Morgan fingerprint density at radius 3 is 2.45 bits per heavy atom. The molecule has 0 spiro atoms. The number of hydrogen-bond acceptors (Lipinski definition) is 3. The van der Waals surface area contributed by atoms with E-state index in [1.54, 1.807) is 12.1 Å². The van der Waals surface area contributed by atoms with Gasteiger partial charge in [-0.3, -0.25) is 9.59 Å². The molecule has 0 saturated carbocycles. The normalized spacial score (nSPS) is 16.3. The van der Waals surface area contributed by atoms with Crippen LogP contribution in [0.2, 0.25) is 0 Å². The van der Waals surface area contributed by atoms with Crippen LogP contribution < -0.4 is 4.74 Å². The van der Waals surface area contributed by atoms with Gasteiger partial charge < -0.3 is 14.7 Å². The van der Waals surface area contributed by atoms with Crippen LogP contribution in [0.3, 0.4) is 0 Å². The van der Waals surface area contributed by atoms with Crippen LogP contribution >= 0.6 is 15.9 Å². The van der Waals surface area contributed by atoms with Gasteiger partial charge in [0.15, 0.2) is 0 Å². The van der Waals surface area contributed by atoms with Crippen LogP contribution in [0.25, 0.3) is 0 Å². The van der Waals surface area contributed by atoms with Crippen molar-refractivity contribution in [2.24, 2.45) is 0 Å². The molecular weight excluding hydrogens is 549 g/mol. The van der Waals surface area contributed by atoms with Crippen LogP contribution in [-0.4, -0.2) is 34.0 Å². The molecule has 4 rings (SSSR count). The number of hydrogen-bond donors (Lipinski definition) is 1. The number of halogens is 2. The molecule has 0 aliphatic carbocycles. The monoisotopic (exact) mass is 581 g/mol. The summed E-state index contributed by atoms with van der Waals surface area (Å²) < 4.78 is 21.2. The molecule has 38 heavy (non-hydrogen) atoms. The zero-order valence-electron chi connectivity index (χ0n) is 22.0. The van der Waals surface area contributed by atoms with Crippen molar-refractivity contribution >= 4 is 27.8 Å². The molecule has 1 aliphatic rings. The lowest BCUT2D eigenvalue weighted by Gasteiger charge is -2.24. The molecule has 3 aromatic rings. The van der Waals surface area contributed by atoms with Gasteiger partial charge in [0.1, 0.15) is 23.7 Å². The van der Waals surface area contributed by atoms with Crippen LogP contribution in [0.5, 0.6) is 5.75 Å². The minimum Gasteiger partial charge on any atom is -0.487 e. The van der Waals surface area contributed by atoms with Crippen molar-refractivity contribution in [3.05, 3.63) is 98.8 Å². The highest BCUT2D eigenvalue weighted by Gasteiger charge is 2.35. The predicted molar refractivity (Wildman–Crippen MR) is 149 cm³/mol. The molecule has 0 saturated heterocycles. The smallest absolute Gasteiger partial charge is 0.323 e. The van der Waals surface area contributed by atoms with Crippen LogP contribution in [-0.2, 0) is 35.4 Å². The van der Waals surface area contributed by atoms with Gasteiger partial charge in [-0.15, -0.1) is 0 Å². The molecule has 1 N–H and O–H groups in total. The number of rotatable bonds is 10. The molecule has 7 heteroatoms. The maximum atomic E-state index is 14.3. The molecule has 3 aromatic carbocycles. The number of aryl methyl sites for hydroxylation is 1. The second kappa shape index (κ2) is 11.7. The molecule has 0 aromatic heterocycles. The summed E-state index contributed by atoms with van der Waals surface area (Å²) in [6.45, 7) is 5.91. The number of aliphatic carboxylic acids is 1. The summed E-state index contributed by atoms with van der Waals surface area (Å²) in [6, 6.07) is 19.2. The van der Waals surface area contributed by atoms with Crippen LogP contribution in [0, 0.1) is 5.82 Å². The van der Waals surface area contributed by atoms with E-state index < -0.39 is 18.3 Å². The molecule has 0 bridgehead atoms. The van der Waals surface area contributed by atoms with Gasteiger partial charge in [-0.25, -0.2) is 4.39 Å². The van der Waals surface area contributed by atoms with Gasteiger partial charge in [-0.2, -0.15) is 0 Å². The van der Waals surface area contributed by atoms with E-state index >= 15 is 0 Å². The molecule has 5 nitrogen and oxygen atoms in total. The molecule has 1 aliphatic heterocycles. The number of fused-ring (bicyclic) bond motifs is 1. The van der Waals surface area contributed by atoms with Gasteiger partial charge in [0.25, 0.3) is 0 Å². The molecule has 200 valence electrons. The first-order valence-corrected chi connectivity index (χ1v) is 13.6. The quantitative estimate of drug-likeness (QED) is 0.289. The van der Waals surface area contributed by atoms with Crippen molar-refractivity contribution in [3.8, 4) is 5.75 Å². The average molecular weight is 583 g/mol. The molecule has 1 atom stereocenters. The highest BCUT2D eigenvalue weighted by Crippen LogP contribution is 2.38. The van der Waals surface area contributed by atoms with Crippen molar-refractivity contribution in [1.82, 2.24) is 4.90 Å². The SMILES string of the molecule is CC(C)c1ccc(C[C@@]2(C)Cc3cc(CCC(=O)N(CC(=O)O)Cc4ccc(Br)cc4F)ccc3O2)cc1. The maximum absolute atomic E-state index is 14.3. The van der Waals surface area contributed by atoms with Crippen LogP contribution in [0.4, 0.5) is 4.39 Å². The third-order valence-corrected chi connectivity index (χ3v) is 7.45. The third-order valence-electron chi connectivity index (χ3n) is 6.95. The zero-order valence-corrected chi connectivity index (χ0v) is 23.6. The maximum Gasteiger partial charge on any atom is 0.323 e. The Balaban J connectivity index is 1.38. The van der Waals surface area contributed by atoms with E-state index in [2.05, 4.69) is 67.0 Å². The second-order valence-electron chi connectivity index (χ2n) is 10.6. The van der Waals surface area contributed by atoms with Gasteiger partial charge in [-0.1, -0.05) is 72.2 Å². The standard InChI is InChI=1S/C31H33BrFNO4/c1-20(2)23-8-4-22(5-9-23)16-31(3)17-25-14-21(6-12-28(25)38-31)7-13-29(35)34(19-30(36)37)18-24-10-11-26(32)15-27(24)33/h4-6,8-12,14-15,20H,7,13,16-19H2,1-3H3,(H,36,37)/t31-/m0/s1. The third kappa shape index (κ3) is 7.01. The molecule has 1 amide bonds. The Kier molecular flexibility index (Phi) is 8.56. The summed E-state index contributed by atoms with van der Waals surface area (Å²) in [5.41, 5.74) is 4.57. The summed E-state index contributed by atoms with van der Waals surface area (Å²) in [6.07, 6.45) is 2.15. The minimum atomic E-state index is -1.14. The van der Waals surface area contributed by atoms with Crippen molar-refractivity contribution < 1.29 is 23.8 Å².